The molecular weight excluding hydrogens is 448 g/mol. The van der Waals surface area contributed by atoms with E-state index in [1.54, 1.807) is 17.8 Å². The number of piperidine rings is 1. The van der Waals surface area contributed by atoms with Crippen molar-refractivity contribution in [3.8, 4) is 0 Å². The summed E-state index contributed by atoms with van der Waals surface area (Å²) in [6, 6.07) is 15.5. The highest BCUT2D eigenvalue weighted by Gasteiger charge is 2.34. The summed E-state index contributed by atoms with van der Waals surface area (Å²) >= 11 is 1.56. The van der Waals surface area contributed by atoms with Crippen LogP contribution in [0.3, 0.4) is 0 Å². The molecule has 2 aliphatic rings. The molecule has 2 aliphatic heterocycles. The zero-order chi connectivity index (χ0) is 24.1. The number of unbranched alkanes of at least 4 members (excludes halogenated alkanes) is 2. The Balaban J connectivity index is 1.35. The summed E-state index contributed by atoms with van der Waals surface area (Å²) in [7, 11) is 0. The molecule has 2 aromatic rings. The molecule has 0 aromatic heterocycles. The number of nitrogens with one attached hydrogen (secondary N) is 1. The lowest BCUT2D eigenvalue weighted by atomic mass is 9.97. The van der Waals surface area contributed by atoms with Gasteiger partial charge in [-0.15, -0.1) is 11.8 Å². The van der Waals surface area contributed by atoms with Gasteiger partial charge in [0.25, 0.3) is 0 Å². The van der Waals surface area contributed by atoms with Crippen molar-refractivity contribution >= 4 is 35.2 Å². The third-order valence-electron chi connectivity index (χ3n) is 6.68. The lowest BCUT2D eigenvalue weighted by Crippen LogP contribution is -2.38. The number of hydrogen-bond acceptors (Lipinski definition) is 5. The number of aliphatic carboxylic acids is 1. The molecule has 1 fully saturated rings. The van der Waals surface area contributed by atoms with Gasteiger partial charge in [-0.05, 0) is 69.1 Å². The fourth-order valence-electron chi connectivity index (χ4n) is 4.71. The van der Waals surface area contributed by atoms with Crippen molar-refractivity contribution in [1.29, 1.82) is 5.41 Å². The zero-order valence-corrected chi connectivity index (χ0v) is 20.1. The average Bonchev–Trinajstić information content (AvgIpc) is 2.85. The Bertz CT molecular complexity index is 1050. The van der Waals surface area contributed by atoms with Gasteiger partial charge in [-0.2, -0.15) is 0 Å². The minimum Gasteiger partial charge on any atom is -0.481 e. The summed E-state index contributed by atoms with van der Waals surface area (Å²) < 4.78 is 0. The summed E-state index contributed by atoms with van der Waals surface area (Å²) in [5.41, 5.74) is 8.13. The molecule has 1 saturated heterocycles. The number of anilines is 1. The summed E-state index contributed by atoms with van der Waals surface area (Å²) in [6.07, 6.45) is 4.44. The fourth-order valence-corrected chi connectivity index (χ4v) is 5.93. The van der Waals surface area contributed by atoms with Gasteiger partial charge < -0.3 is 20.6 Å². The maximum absolute atomic E-state index is 13.5. The van der Waals surface area contributed by atoms with Crippen LogP contribution in [0.4, 0.5) is 5.69 Å². The number of thioether (sulfide) groups is 1. The number of carboxylic acids is 1. The number of carbonyl (C=O) groups is 2. The number of fused-ring (bicyclic) bond motifs is 1. The van der Waals surface area contributed by atoms with Crippen molar-refractivity contribution in [3.05, 3.63) is 59.7 Å². The monoisotopic (exact) mass is 480 g/mol. The highest BCUT2D eigenvalue weighted by Crippen LogP contribution is 2.46. The van der Waals surface area contributed by atoms with E-state index < -0.39 is 5.97 Å². The lowest BCUT2D eigenvalue weighted by molar-refractivity contribution is -0.143. The number of carbonyl (C=O) groups excluding carboxylic acids is 1. The topological polar surface area (TPSA) is 111 Å². The van der Waals surface area contributed by atoms with Crippen molar-refractivity contribution in [2.45, 2.75) is 42.2 Å². The maximum Gasteiger partial charge on any atom is 0.306 e. The zero-order valence-electron chi connectivity index (χ0n) is 19.3. The van der Waals surface area contributed by atoms with Crippen LogP contribution in [-0.4, -0.2) is 53.9 Å². The van der Waals surface area contributed by atoms with Gasteiger partial charge in [0.05, 0.1) is 11.6 Å². The van der Waals surface area contributed by atoms with Crippen LogP contribution in [0.5, 0.6) is 0 Å². The average molecular weight is 481 g/mol. The van der Waals surface area contributed by atoms with E-state index in [1.165, 1.54) is 0 Å². The van der Waals surface area contributed by atoms with Crippen molar-refractivity contribution in [1.82, 2.24) is 4.90 Å². The number of nitrogens with two attached hydrogens (primary N) is 1. The van der Waals surface area contributed by atoms with E-state index >= 15 is 0 Å². The Hall–Kier alpha value is -2.84. The molecule has 1 amide bonds. The number of amides is 1. The van der Waals surface area contributed by atoms with Crippen LogP contribution in [0.1, 0.15) is 48.5 Å². The van der Waals surface area contributed by atoms with E-state index in [0.717, 1.165) is 67.9 Å². The van der Waals surface area contributed by atoms with Crippen molar-refractivity contribution in [3.63, 3.8) is 0 Å². The third kappa shape index (κ3) is 5.62. The third-order valence-corrected chi connectivity index (χ3v) is 7.99. The Morgan fingerprint density at radius 2 is 1.79 bits per heavy atom. The number of benzene rings is 2. The predicted molar refractivity (Wildman–Crippen MR) is 136 cm³/mol. The molecular formula is C26H32N4O3S. The first-order valence-electron chi connectivity index (χ1n) is 11.9. The van der Waals surface area contributed by atoms with Crippen LogP contribution in [0, 0.1) is 11.3 Å². The second kappa shape index (κ2) is 11.1. The summed E-state index contributed by atoms with van der Waals surface area (Å²) in [6.45, 7) is 3.36. The van der Waals surface area contributed by atoms with Crippen LogP contribution in [0.25, 0.3) is 0 Å². The second-order valence-corrected chi connectivity index (χ2v) is 10.2. The fraction of sp³-hybridized carbons (Fsp3) is 0.423. The van der Waals surface area contributed by atoms with Crippen LogP contribution in [0.15, 0.2) is 53.4 Å². The second-order valence-electron chi connectivity index (χ2n) is 9.01. The molecule has 0 bridgehead atoms. The molecule has 180 valence electrons. The first kappa shape index (κ1) is 24.3. The van der Waals surface area contributed by atoms with Gasteiger partial charge in [0, 0.05) is 17.0 Å². The molecule has 34 heavy (non-hydrogen) atoms. The molecule has 1 unspecified atom stereocenters. The Kier molecular flexibility index (Phi) is 7.90. The molecule has 0 radical (unpaired) electrons. The SMILES string of the molecule is N=C(N)c1cccc(C2Sc3ccccc3N(CCCCCN3CCC(C(=O)O)CC3)C2=O)c1. The predicted octanol–water partition coefficient (Wildman–Crippen LogP) is 4.12. The van der Waals surface area contributed by atoms with Gasteiger partial charge in [-0.3, -0.25) is 15.0 Å². The van der Waals surface area contributed by atoms with Gasteiger partial charge >= 0.3 is 5.97 Å². The number of para-hydroxylation sites is 1. The van der Waals surface area contributed by atoms with Gasteiger partial charge in [-0.25, -0.2) is 0 Å². The molecule has 1 atom stereocenters. The van der Waals surface area contributed by atoms with Gasteiger partial charge in [0.15, 0.2) is 0 Å². The minimum absolute atomic E-state index is 0.000416. The van der Waals surface area contributed by atoms with Crippen molar-refractivity contribution < 1.29 is 14.7 Å². The number of carboxylic acid groups (broad SMARTS) is 1. The van der Waals surface area contributed by atoms with Gasteiger partial charge in [0.2, 0.25) is 5.91 Å². The summed E-state index contributed by atoms with van der Waals surface area (Å²) in [4.78, 5) is 30.0. The number of rotatable bonds is 9. The summed E-state index contributed by atoms with van der Waals surface area (Å²) in [5, 5.41) is 16.5. The van der Waals surface area contributed by atoms with Crippen LogP contribution in [-0.2, 0) is 9.59 Å². The highest BCUT2D eigenvalue weighted by molar-refractivity contribution is 8.00. The van der Waals surface area contributed by atoms with E-state index in [2.05, 4.69) is 11.0 Å². The minimum atomic E-state index is -0.671. The molecule has 0 saturated carbocycles. The van der Waals surface area contributed by atoms with Crippen LogP contribution in [0.2, 0.25) is 0 Å². The standard InChI is InChI=1S/C26H32N4O3S/c27-24(28)20-8-6-7-19(17-20)23-25(31)30(21-9-2-3-10-22(21)34-23)14-5-1-4-13-29-15-11-18(12-16-29)26(32)33/h2-3,6-10,17-18,23H,1,4-5,11-16H2,(H3,27,28)(H,32,33). The number of nitrogens with zero attached hydrogens (tertiary/aromatic N) is 2. The van der Waals surface area contributed by atoms with Gasteiger partial charge in [-0.1, -0.05) is 36.8 Å². The molecule has 4 rings (SSSR count). The molecule has 7 nitrogen and oxygen atoms in total. The van der Waals surface area contributed by atoms with Crippen LogP contribution < -0.4 is 10.6 Å². The molecule has 0 aliphatic carbocycles. The first-order valence-corrected chi connectivity index (χ1v) is 12.8. The van der Waals surface area contributed by atoms with E-state index in [9.17, 15) is 9.59 Å². The molecule has 8 heteroatoms. The number of amidine groups is 1. The lowest BCUT2D eigenvalue weighted by Gasteiger charge is -2.34. The van der Waals surface area contributed by atoms with Crippen molar-refractivity contribution in [2.24, 2.45) is 11.7 Å². The number of likely N-dealkylation sites (tertiary alicyclic amines) is 1. The quantitative estimate of drug-likeness (QED) is 0.283. The van der Waals surface area contributed by atoms with E-state index in [4.69, 9.17) is 16.2 Å². The maximum atomic E-state index is 13.5. The Morgan fingerprint density at radius 3 is 2.53 bits per heavy atom. The first-order chi connectivity index (χ1) is 16.4. The highest BCUT2D eigenvalue weighted by atomic mass is 32.2. The van der Waals surface area contributed by atoms with E-state index in [-0.39, 0.29) is 22.9 Å². The van der Waals surface area contributed by atoms with Crippen LogP contribution >= 0.6 is 11.8 Å². The molecule has 4 N–H and O–H groups in total. The Labute approximate surface area is 204 Å². The Morgan fingerprint density at radius 1 is 1.06 bits per heavy atom. The van der Waals surface area contributed by atoms with Crippen molar-refractivity contribution in [2.75, 3.05) is 31.1 Å². The number of nitrogen functional groups attached to an aromatic ring is 1. The van der Waals surface area contributed by atoms with E-state index in [0.29, 0.717) is 12.1 Å². The smallest absolute Gasteiger partial charge is 0.306 e. The summed E-state index contributed by atoms with van der Waals surface area (Å²) in [5.74, 6) is -0.793. The molecule has 2 aromatic carbocycles. The molecule has 0 spiro atoms. The molecule has 2 heterocycles. The number of hydrogen-bond donors (Lipinski definition) is 3. The van der Waals surface area contributed by atoms with Gasteiger partial charge in [0.1, 0.15) is 11.1 Å². The van der Waals surface area contributed by atoms with E-state index in [1.807, 2.05) is 41.3 Å². The largest absolute Gasteiger partial charge is 0.481 e. The normalized spacial score (nSPS) is 19.1.